The van der Waals surface area contributed by atoms with E-state index in [1.54, 1.807) is 0 Å². The van der Waals surface area contributed by atoms with Gasteiger partial charge in [0.05, 0.1) is 4.92 Å². The molecule has 0 atom stereocenters. The SMILES string of the molecule is O=C(NCC1CC1)c1ccc([N+](=O)[O-])c(Cl)c1. The lowest BCUT2D eigenvalue weighted by molar-refractivity contribution is -0.384. The summed E-state index contributed by atoms with van der Waals surface area (Å²) < 4.78 is 0. The van der Waals surface area contributed by atoms with Crippen molar-refractivity contribution in [2.45, 2.75) is 12.8 Å². The van der Waals surface area contributed by atoms with E-state index in [0.717, 1.165) is 12.8 Å². The Kier molecular flexibility index (Phi) is 3.28. The first kappa shape index (κ1) is 11.9. The molecule has 0 aromatic heterocycles. The number of nitro benzene ring substituents is 1. The highest BCUT2D eigenvalue weighted by Crippen LogP contribution is 2.28. The minimum atomic E-state index is -0.575. The van der Waals surface area contributed by atoms with Gasteiger partial charge >= 0.3 is 0 Å². The number of carbonyl (C=O) groups is 1. The zero-order valence-corrected chi connectivity index (χ0v) is 9.74. The van der Waals surface area contributed by atoms with Gasteiger partial charge in [0, 0.05) is 18.2 Å². The number of nitrogens with one attached hydrogen (secondary N) is 1. The topological polar surface area (TPSA) is 72.2 Å². The third-order valence-corrected chi connectivity index (χ3v) is 2.96. The number of nitrogens with zero attached hydrogens (tertiary/aromatic N) is 1. The Hall–Kier alpha value is -1.62. The highest BCUT2D eigenvalue weighted by molar-refractivity contribution is 6.33. The number of hydrogen-bond acceptors (Lipinski definition) is 3. The predicted molar refractivity (Wildman–Crippen MR) is 63.2 cm³/mol. The van der Waals surface area contributed by atoms with Crippen LogP contribution in [0.5, 0.6) is 0 Å². The van der Waals surface area contributed by atoms with Gasteiger partial charge in [0.1, 0.15) is 5.02 Å². The fourth-order valence-electron chi connectivity index (χ4n) is 1.46. The van der Waals surface area contributed by atoms with Crippen LogP contribution in [0.25, 0.3) is 0 Å². The van der Waals surface area contributed by atoms with Crippen LogP contribution >= 0.6 is 11.6 Å². The number of halogens is 1. The molecule has 1 aromatic carbocycles. The summed E-state index contributed by atoms with van der Waals surface area (Å²) in [6.07, 6.45) is 2.31. The molecule has 0 radical (unpaired) electrons. The summed E-state index contributed by atoms with van der Waals surface area (Å²) >= 11 is 5.72. The Morgan fingerprint density at radius 3 is 2.76 bits per heavy atom. The lowest BCUT2D eigenvalue weighted by Gasteiger charge is -2.04. The van der Waals surface area contributed by atoms with Gasteiger partial charge in [-0.15, -0.1) is 0 Å². The van der Waals surface area contributed by atoms with E-state index < -0.39 is 4.92 Å². The van der Waals surface area contributed by atoms with Crippen LogP contribution in [-0.2, 0) is 0 Å². The smallest absolute Gasteiger partial charge is 0.287 e. The van der Waals surface area contributed by atoms with Crippen molar-refractivity contribution < 1.29 is 9.72 Å². The van der Waals surface area contributed by atoms with E-state index in [9.17, 15) is 14.9 Å². The van der Waals surface area contributed by atoms with Gasteiger partial charge in [0.15, 0.2) is 0 Å². The molecule has 0 spiro atoms. The number of amides is 1. The van der Waals surface area contributed by atoms with E-state index in [0.29, 0.717) is 18.0 Å². The highest BCUT2D eigenvalue weighted by Gasteiger charge is 2.22. The lowest BCUT2D eigenvalue weighted by Crippen LogP contribution is -2.25. The Bertz CT molecular complexity index is 472. The summed E-state index contributed by atoms with van der Waals surface area (Å²) in [7, 11) is 0. The van der Waals surface area contributed by atoms with Crippen LogP contribution in [0.15, 0.2) is 18.2 Å². The second kappa shape index (κ2) is 4.71. The Morgan fingerprint density at radius 2 is 2.24 bits per heavy atom. The molecule has 1 amide bonds. The number of nitro groups is 1. The number of hydrogen-bond donors (Lipinski definition) is 1. The minimum absolute atomic E-state index is 0.0194. The van der Waals surface area contributed by atoms with Crippen molar-refractivity contribution in [3.8, 4) is 0 Å². The molecule has 0 bridgehead atoms. The van der Waals surface area contributed by atoms with Crippen LogP contribution in [0.3, 0.4) is 0 Å². The van der Waals surface area contributed by atoms with E-state index in [2.05, 4.69) is 5.32 Å². The molecule has 1 saturated carbocycles. The molecule has 0 heterocycles. The van der Waals surface area contributed by atoms with Crippen molar-refractivity contribution in [2.75, 3.05) is 6.54 Å². The Morgan fingerprint density at radius 1 is 1.53 bits per heavy atom. The number of carbonyl (C=O) groups excluding carboxylic acids is 1. The quantitative estimate of drug-likeness (QED) is 0.662. The van der Waals surface area contributed by atoms with Crippen LogP contribution in [0, 0.1) is 16.0 Å². The van der Waals surface area contributed by atoms with Gasteiger partial charge in [-0.1, -0.05) is 11.6 Å². The van der Waals surface area contributed by atoms with Gasteiger partial charge in [-0.2, -0.15) is 0 Å². The van der Waals surface area contributed by atoms with Crippen molar-refractivity contribution in [2.24, 2.45) is 5.92 Å². The molecule has 2 rings (SSSR count). The molecule has 17 heavy (non-hydrogen) atoms. The summed E-state index contributed by atoms with van der Waals surface area (Å²) in [5.74, 6) is 0.348. The number of rotatable bonds is 4. The predicted octanol–water partition coefficient (Wildman–Crippen LogP) is 2.39. The molecular weight excluding hydrogens is 244 g/mol. The van der Waals surface area contributed by atoms with E-state index >= 15 is 0 Å². The van der Waals surface area contributed by atoms with Crippen molar-refractivity contribution in [3.05, 3.63) is 38.9 Å². The molecule has 90 valence electrons. The molecule has 0 unspecified atom stereocenters. The van der Waals surface area contributed by atoms with Crippen molar-refractivity contribution in [3.63, 3.8) is 0 Å². The monoisotopic (exact) mass is 254 g/mol. The van der Waals surface area contributed by atoms with Gasteiger partial charge in [-0.05, 0) is 30.9 Å². The standard InChI is InChI=1S/C11H11ClN2O3/c12-9-5-8(3-4-10(9)14(16)17)11(15)13-6-7-1-2-7/h3-5,7H,1-2,6H2,(H,13,15). The summed E-state index contributed by atoms with van der Waals surface area (Å²) in [4.78, 5) is 21.6. The van der Waals surface area contributed by atoms with Crippen molar-refractivity contribution in [1.29, 1.82) is 0 Å². The van der Waals surface area contributed by atoms with Gasteiger partial charge < -0.3 is 5.32 Å². The molecule has 1 aliphatic carbocycles. The van der Waals surface area contributed by atoms with Crippen LogP contribution in [0.2, 0.25) is 5.02 Å². The molecule has 0 aliphatic heterocycles. The minimum Gasteiger partial charge on any atom is -0.352 e. The second-order valence-electron chi connectivity index (χ2n) is 4.08. The van der Waals surface area contributed by atoms with Crippen LogP contribution < -0.4 is 5.32 Å². The van der Waals surface area contributed by atoms with E-state index in [1.165, 1.54) is 18.2 Å². The summed E-state index contributed by atoms with van der Waals surface area (Å²) in [6.45, 7) is 0.660. The zero-order valence-electron chi connectivity index (χ0n) is 8.98. The van der Waals surface area contributed by atoms with Gasteiger partial charge in [0.25, 0.3) is 11.6 Å². The maximum atomic E-state index is 11.7. The lowest BCUT2D eigenvalue weighted by atomic mass is 10.2. The van der Waals surface area contributed by atoms with Gasteiger partial charge in [-0.25, -0.2) is 0 Å². The summed E-state index contributed by atoms with van der Waals surface area (Å²) in [6, 6.07) is 3.97. The largest absolute Gasteiger partial charge is 0.352 e. The molecule has 0 saturated heterocycles. The first-order chi connectivity index (χ1) is 8.08. The Labute approximate surface area is 103 Å². The fraction of sp³-hybridized carbons (Fsp3) is 0.364. The first-order valence-electron chi connectivity index (χ1n) is 5.30. The van der Waals surface area contributed by atoms with E-state index in [1.807, 2.05) is 0 Å². The fourth-order valence-corrected chi connectivity index (χ4v) is 1.71. The molecule has 1 fully saturated rings. The molecular formula is C11H11ClN2O3. The van der Waals surface area contributed by atoms with Crippen LogP contribution in [-0.4, -0.2) is 17.4 Å². The first-order valence-corrected chi connectivity index (χ1v) is 5.68. The number of benzene rings is 1. The van der Waals surface area contributed by atoms with E-state index in [-0.39, 0.29) is 16.6 Å². The molecule has 5 nitrogen and oxygen atoms in total. The second-order valence-corrected chi connectivity index (χ2v) is 4.48. The third kappa shape index (κ3) is 2.94. The van der Waals surface area contributed by atoms with Gasteiger partial charge in [0.2, 0.25) is 0 Å². The Balaban J connectivity index is 2.07. The van der Waals surface area contributed by atoms with Gasteiger partial charge in [-0.3, -0.25) is 14.9 Å². The molecule has 1 N–H and O–H groups in total. The normalized spacial score (nSPS) is 14.4. The molecule has 1 aliphatic rings. The average molecular weight is 255 g/mol. The third-order valence-electron chi connectivity index (χ3n) is 2.65. The maximum absolute atomic E-state index is 11.7. The average Bonchev–Trinajstić information content (AvgIpc) is 3.09. The van der Waals surface area contributed by atoms with Crippen LogP contribution in [0.4, 0.5) is 5.69 Å². The van der Waals surface area contributed by atoms with Crippen molar-refractivity contribution in [1.82, 2.24) is 5.32 Å². The maximum Gasteiger partial charge on any atom is 0.287 e. The van der Waals surface area contributed by atoms with E-state index in [4.69, 9.17) is 11.6 Å². The molecule has 6 heteroatoms. The molecule has 1 aromatic rings. The highest BCUT2D eigenvalue weighted by atomic mass is 35.5. The van der Waals surface area contributed by atoms with Crippen LogP contribution in [0.1, 0.15) is 23.2 Å². The zero-order chi connectivity index (χ0) is 12.4. The summed E-state index contributed by atoms with van der Waals surface area (Å²) in [5, 5.41) is 13.3. The summed E-state index contributed by atoms with van der Waals surface area (Å²) in [5.41, 5.74) is 0.159. The van der Waals surface area contributed by atoms with Crippen molar-refractivity contribution >= 4 is 23.2 Å².